The molecule has 0 aliphatic carbocycles. The number of fused-ring (bicyclic) bond motifs is 1. The summed E-state index contributed by atoms with van der Waals surface area (Å²) in [5.74, 6) is 0.387. The van der Waals surface area contributed by atoms with Gasteiger partial charge in [-0.25, -0.2) is 0 Å². The average Bonchev–Trinajstić information content (AvgIpc) is 3.13. The Kier molecular flexibility index (Phi) is 5.34. The standard InChI is InChI=1S/C22H21ClN4O/c23-17-6-5-16(12-24)21(11-17)26-22(28)14-27-9-7-15(8-10-27)19-13-25-20-4-2-1-3-18(19)20/h1-6,11,13,15,25H,7-10,14H2,(H,26,28). The summed E-state index contributed by atoms with van der Waals surface area (Å²) in [6.45, 7) is 2.06. The second-order valence-electron chi connectivity index (χ2n) is 7.19. The molecular formula is C22H21ClN4O. The average molecular weight is 393 g/mol. The lowest BCUT2D eigenvalue weighted by Gasteiger charge is -2.31. The first kappa shape index (κ1) is 18.5. The Morgan fingerprint density at radius 1 is 1.25 bits per heavy atom. The lowest BCUT2D eigenvalue weighted by Crippen LogP contribution is -2.38. The molecule has 2 heterocycles. The minimum Gasteiger partial charge on any atom is -0.361 e. The Morgan fingerprint density at radius 3 is 2.82 bits per heavy atom. The molecule has 1 fully saturated rings. The number of benzene rings is 2. The number of hydrogen-bond donors (Lipinski definition) is 2. The Hall–Kier alpha value is -2.81. The van der Waals surface area contributed by atoms with Crippen molar-refractivity contribution in [3.8, 4) is 6.07 Å². The van der Waals surface area contributed by atoms with E-state index in [9.17, 15) is 10.1 Å². The van der Waals surface area contributed by atoms with E-state index in [-0.39, 0.29) is 5.91 Å². The molecule has 3 aromatic rings. The number of nitrogens with zero attached hydrogens (tertiary/aromatic N) is 2. The number of nitriles is 1. The fourth-order valence-corrected chi connectivity index (χ4v) is 4.12. The van der Waals surface area contributed by atoms with E-state index in [1.165, 1.54) is 16.5 Å². The summed E-state index contributed by atoms with van der Waals surface area (Å²) < 4.78 is 0. The lowest BCUT2D eigenvalue weighted by molar-refractivity contribution is -0.117. The first-order valence-electron chi connectivity index (χ1n) is 9.42. The quantitative estimate of drug-likeness (QED) is 0.686. The van der Waals surface area contributed by atoms with E-state index in [2.05, 4.69) is 45.7 Å². The van der Waals surface area contributed by atoms with Crippen LogP contribution < -0.4 is 5.32 Å². The van der Waals surface area contributed by atoms with Gasteiger partial charge in [-0.1, -0.05) is 29.8 Å². The number of carbonyl (C=O) groups excluding carboxylic acids is 1. The largest absolute Gasteiger partial charge is 0.361 e. The fourth-order valence-electron chi connectivity index (χ4n) is 3.94. The van der Waals surface area contributed by atoms with Crippen LogP contribution in [0, 0.1) is 11.3 Å². The molecule has 1 amide bonds. The SMILES string of the molecule is N#Cc1ccc(Cl)cc1NC(=O)CN1CCC(c2c[nH]c3ccccc23)CC1. The number of para-hydroxylation sites is 1. The van der Waals surface area contributed by atoms with E-state index in [0.29, 0.717) is 28.7 Å². The minimum absolute atomic E-state index is 0.121. The van der Waals surface area contributed by atoms with Crippen LogP contribution in [0.5, 0.6) is 0 Å². The molecule has 0 bridgehead atoms. The lowest BCUT2D eigenvalue weighted by atomic mass is 9.89. The van der Waals surface area contributed by atoms with Crippen molar-refractivity contribution in [2.24, 2.45) is 0 Å². The molecule has 0 unspecified atom stereocenters. The summed E-state index contributed by atoms with van der Waals surface area (Å²) >= 11 is 5.98. The van der Waals surface area contributed by atoms with E-state index in [1.54, 1.807) is 18.2 Å². The highest BCUT2D eigenvalue weighted by Gasteiger charge is 2.24. The van der Waals surface area contributed by atoms with E-state index in [0.717, 1.165) is 25.9 Å². The zero-order chi connectivity index (χ0) is 19.5. The van der Waals surface area contributed by atoms with Gasteiger partial charge in [0.1, 0.15) is 6.07 Å². The van der Waals surface area contributed by atoms with E-state index in [4.69, 9.17) is 11.6 Å². The fraction of sp³-hybridized carbons (Fsp3) is 0.273. The van der Waals surface area contributed by atoms with Crippen LogP contribution in [0.4, 0.5) is 5.69 Å². The number of likely N-dealkylation sites (tertiary alicyclic amines) is 1. The topological polar surface area (TPSA) is 71.9 Å². The van der Waals surface area contributed by atoms with Gasteiger partial charge >= 0.3 is 0 Å². The maximum absolute atomic E-state index is 12.4. The Bertz CT molecular complexity index is 1040. The van der Waals surface area contributed by atoms with Gasteiger partial charge in [-0.3, -0.25) is 9.69 Å². The van der Waals surface area contributed by atoms with E-state index < -0.39 is 0 Å². The van der Waals surface area contributed by atoms with Crippen molar-refractivity contribution in [3.05, 3.63) is 64.8 Å². The summed E-state index contributed by atoms with van der Waals surface area (Å²) in [5, 5.41) is 13.8. The van der Waals surface area contributed by atoms with Crippen LogP contribution in [0.1, 0.15) is 29.9 Å². The second-order valence-corrected chi connectivity index (χ2v) is 7.63. The van der Waals surface area contributed by atoms with Crippen molar-refractivity contribution in [1.29, 1.82) is 5.26 Å². The zero-order valence-corrected chi connectivity index (χ0v) is 16.2. The van der Waals surface area contributed by atoms with Gasteiger partial charge in [0.05, 0.1) is 17.8 Å². The van der Waals surface area contributed by atoms with E-state index in [1.807, 2.05) is 6.07 Å². The van der Waals surface area contributed by atoms with Crippen molar-refractivity contribution < 1.29 is 4.79 Å². The van der Waals surface area contributed by atoms with Gasteiger partial charge < -0.3 is 10.3 Å². The minimum atomic E-state index is -0.121. The molecule has 0 saturated carbocycles. The van der Waals surface area contributed by atoms with E-state index >= 15 is 0 Å². The maximum Gasteiger partial charge on any atom is 0.238 e. The number of amides is 1. The normalized spacial score (nSPS) is 15.4. The zero-order valence-electron chi connectivity index (χ0n) is 15.4. The number of hydrogen-bond acceptors (Lipinski definition) is 3. The highest BCUT2D eigenvalue weighted by Crippen LogP contribution is 2.33. The number of anilines is 1. The van der Waals surface area contributed by atoms with Gasteiger partial charge in [0, 0.05) is 22.1 Å². The highest BCUT2D eigenvalue weighted by atomic mass is 35.5. The summed E-state index contributed by atoms with van der Waals surface area (Å²) in [6, 6.07) is 15.3. The summed E-state index contributed by atoms with van der Waals surface area (Å²) in [5.41, 5.74) is 3.43. The van der Waals surface area contributed by atoms with Crippen molar-refractivity contribution in [2.45, 2.75) is 18.8 Å². The molecule has 5 nitrogen and oxygen atoms in total. The van der Waals surface area contributed by atoms with Crippen LogP contribution in [-0.2, 0) is 4.79 Å². The number of rotatable bonds is 4. The summed E-state index contributed by atoms with van der Waals surface area (Å²) in [7, 11) is 0. The molecule has 2 aromatic carbocycles. The number of aromatic amines is 1. The molecule has 1 aliphatic heterocycles. The third kappa shape index (κ3) is 3.89. The van der Waals surface area contributed by atoms with Gasteiger partial charge in [-0.2, -0.15) is 5.26 Å². The molecule has 0 spiro atoms. The van der Waals surface area contributed by atoms with Crippen LogP contribution in [-0.4, -0.2) is 35.4 Å². The third-order valence-electron chi connectivity index (χ3n) is 5.39. The maximum atomic E-state index is 12.4. The van der Waals surface area contributed by atoms with Crippen molar-refractivity contribution in [3.63, 3.8) is 0 Å². The van der Waals surface area contributed by atoms with Crippen LogP contribution >= 0.6 is 11.6 Å². The molecule has 1 aliphatic rings. The Labute approximate surface area is 168 Å². The molecule has 0 radical (unpaired) electrons. The summed E-state index contributed by atoms with van der Waals surface area (Å²) in [4.78, 5) is 18.0. The number of piperidine rings is 1. The molecule has 2 N–H and O–H groups in total. The van der Waals surface area contributed by atoms with Crippen molar-refractivity contribution in [1.82, 2.24) is 9.88 Å². The van der Waals surface area contributed by atoms with Gasteiger partial charge in [-0.05, 0) is 61.7 Å². The third-order valence-corrected chi connectivity index (χ3v) is 5.63. The Balaban J connectivity index is 1.35. The van der Waals surface area contributed by atoms with Gasteiger partial charge in [0.2, 0.25) is 5.91 Å². The number of halogens is 1. The number of H-pyrrole nitrogens is 1. The number of carbonyl (C=O) groups is 1. The summed E-state index contributed by atoms with van der Waals surface area (Å²) in [6.07, 6.45) is 4.17. The highest BCUT2D eigenvalue weighted by molar-refractivity contribution is 6.31. The molecule has 142 valence electrons. The number of aromatic nitrogens is 1. The van der Waals surface area contributed by atoms with Crippen molar-refractivity contribution >= 4 is 34.1 Å². The molecule has 28 heavy (non-hydrogen) atoms. The Morgan fingerprint density at radius 2 is 2.04 bits per heavy atom. The van der Waals surface area contributed by atoms with Crippen molar-refractivity contribution in [2.75, 3.05) is 25.0 Å². The van der Waals surface area contributed by atoms with Gasteiger partial charge in [-0.15, -0.1) is 0 Å². The predicted molar refractivity (Wildman–Crippen MR) is 112 cm³/mol. The van der Waals surface area contributed by atoms with Gasteiger partial charge in [0.25, 0.3) is 0 Å². The number of nitrogens with one attached hydrogen (secondary N) is 2. The van der Waals surface area contributed by atoms with Gasteiger partial charge in [0.15, 0.2) is 0 Å². The second kappa shape index (κ2) is 8.05. The van der Waals surface area contributed by atoms with Crippen LogP contribution in [0.3, 0.4) is 0 Å². The molecule has 1 saturated heterocycles. The monoisotopic (exact) mass is 392 g/mol. The van der Waals surface area contributed by atoms with Crippen LogP contribution in [0.25, 0.3) is 10.9 Å². The van der Waals surface area contributed by atoms with Crippen LogP contribution in [0.2, 0.25) is 5.02 Å². The molecule has 4 rings (SSSR count). The molecular weight excluding hydrogens is 372 g/mol. The molecule has 6 heteroatoms. The molecule has 0 atom stereocenters. The smallest absolute Gasteiger partial charge is 0.238 e. The predicted octanol–water partition coefficient (Wildman–Crippen LogP) is 4.51. The first-order valence-corrected chi connectivity index (χ1v) is 9.79. The first-order chi connectivity index (χ1) is 13.6. The molecule has 1 aromatic heterocycles. The van der Waals surface area contributed by atoms with Crippen LogP contribution in [0.15, 0.2) is 48.7 Å².